The fourth-order valence-corrected chi connectivity index (χ4v) is 8.45. The number of rotatable bonds is 16. The highest BCUT2D eigenvalue weighted by Gasteiger charge is 2.69. The van der Waals surface area contributed by atoms with Crippen LogP contribution in [-0.4, -0.2) is 4.75 Å². The van der Waals surface area contributed by atoms with E-state index in [1.165, 1.54) is 115 Å². The molecule has 2 atom stereocenters. The Morgan fingerprint density at radius 3 is 1.91 bits per heavy atom. The average molecular weight is 451 g/mol. The van der Waals surface area contributed by atoms with Crippen molar-refractivity contribution in [2.45, 2.75) is 132 Å². The lowest BCUT2D eigenvalue weighted by atomic mass is 9.70. The van der Waals surface area contributed by atoms with Gasteiger partial charge < -0.3 is 0 Å². The summed E-state index contributed by atoms with van der Waals surface area (Å²) in [5.74, 6) is 0. The molecule has 0 radical (unpaired) electrons. The monoisotopic (exact) mass is 450 g/mol. The molecule has 2 aromatic rings. The Labute approximate surface area is 202 Å². The smallest absolute Gasteiger partial charge is 0.0570 e. The van der Waals surface area contributed by atoms with E-state index >= 15 is 0 Å². The second kappa shape index (κ2) is 11.5. The second-order valence-electron chi connectivity index (χ2n) is 10.7. The van der Waals surface area contributed by atoms with Crippen LogP contribution in [0.15, 0.2) is 36.4 Å². The Bertz CT molecular complexity index is 849. The highest BCUT2D eigenvalue weighted by molar-refractivity contribution is 8.09. The first-order valence-corrected chi connectivity index (χ1v) is 14.8. The van der Waals surface area contributed by atoms with Gasteiger partial charge in [-0.3, -0.25) is 0 Å². The quantitative estimate of drug-likeness (QED) is 0.181. The minimum absolute atomic E-state index is 0.410. The molecule has 1 saturated heterocycles. The van der Waals surface area contributed by atoms with E-state index in [0.717, 1.165) is 0 Å². The van der Waals surface area contributed by atoms with E-state index in [2.05, 4.69) is 62.0 Å². The lowest BCUT2D eigenvalue weighted by Crippen LogP contribution is -2.31. The molecule has 0 nitrogen and oxygen atoms in total. The molecule has 4 rings (SSSR count). The van der Waals surface area contributed by atoms with Gasteiger partial charge in [-0.15, -0.1) is 11.8 Å². The van der Waals surface area contributed by atoms with Gasteiger partial charge in [0.25, 0.3) is 0 Å². The molecule has 0 bridgehead atoms. The number of hydrogen-bond acceptors (Lipinski definition) is 1. The van der Waals surface area contributed by atoms with Gasteiger partial charge in [-0.2, -0.15) is 0 Å². The zero-order valence-electron chi connectivity index (χ0n) is 20.9. The Hall–Kier alpha value is -0.950. The van der Waals surface area contributed by atoms with Crippen molar-refractivity contribution in [1.29, 1.82) is 0 Å². The Balaban J connectivity index is 1.36. The third-order valence-corrected chi connectivity index (χ3v) is 10.3. The van der Waals surface area contributed by atoms with Gasteiger partial charge in [0.05, 0.1) is 4.75 Å². The molecule has 1 aliphatic heterocycles. The van der Waals surface area contributed by atoms with Crippen molar-refractivity contribution in [2.24, 2.45) is 0 Å². The van der Waals surface area contributed by atoms with Crippen LogP contribution in [0.3, 0.4) is 0 Å². The van der Waals surface area contributed by atoms with E-state index in [-0.39, 0.29) is 0 Å². The van der Waals surface area contributed by atoms with Crippen molar-refractivity contribution >= 4 is 22.5 Å². The van der Waals surface area contributed by atoms with E-state index in [1.807, 2.05) is 0 Å². The lowest BCUT2D eigenvalue weighted by molar-refractivity contribution is 0.416. The fraction of sp³-hybridized carbons (Fsp3) is 0.677. The predicted molar refractivity (Wildman–Crippen MR) is 145 cm³/mol. The first-order chi connectivity index (χ1) is 15.8. The molecule has 0 amide bonds. The van der Waals surface area contributed by atoms with Crippen molar-refractivity contribution < 1.29 is 0 Å². The zero-order valence-corrected chi connectivity index (χ0v) is 21.7. The topological polar surface area (TPSA) is 0 Å². The van der Waals surface area contributed by atoms with Crippen LogP contribution in [0.5, 0.6) is 0 Å². The Kier molecular flexibility index (Phi) is 8.66. The van der Waals surface area contributed by atoms with Crippen molar-refractivity contribution in [3.8, 4) is 0 Å². The standard InChI is InChI=1S/C31H46S/c1-3-5-7-9-10-11-12-13-14-16-24-31-28-22-18-20-26-19-17-21-27(29(26)28)25-30(31,32-31)23-15-8-6-4-2/h17-22H,3-16,23-25H2,1-2H3. The molecule has 0 saturated carbocycles. The van der Waals surface area contributed by atoms with Crippen LogP contribution in [0.4, 0.5) is 0 Å². The Morgan fingerprint density at radius 1 is 0.656 bits per heavy atom. The van der Waals surface area contributed by atoms with Gasteiger partial charge in [-0.25, -0.2) is 0 Å². The maximum absolute atomic E-state index is 2.49. The molecule has 0 spiro atoms. The van der Waals surface area contributed by atoms with E-state index in [1.54, 1.807) is 16.5 Å². The first kappa shape index (κ1) is 24.2. The number of benzene rings is 2. The molecule has 0 N–H and O–H groups in total. The third kappa shape index (κ3) is 5.08. The number of thioether (sulfide) groups is 1. The molecule has 1 aliphatic carbocycles. The molecule has 2 aromatic carbocycles. The highest BCUT2D eigenvalue weighted by atomic mass is 32.2. The summed E-state index contributed by atoms with van der Waals surface area (Å²) in [5.41, 5.74) is 3.31. The largest absolute Gasteiger partial charge is 0.140 e. The molecule has 1 heterocycles. The van der Waals surface area contributed by atoms with Crippen LogP contribution in [0.1, 0.15) is 128 Å². The molecule has 1 heteroatoms. The van der Waals surface area contributed by atoms with E-state index < -0.39 is 0 Å². The molecule has 2 aliphatic rings. The first-order valence-electron chi connectivity index (χ1n) is 14.0. The summed E-state index contributed by atoms with van der Waals surface area (Å²) in [5, 5.41) is 3.07. The molecule has 1 fully saturated rings. The minimum atomic E-state index is 0.410. The van der Waals surface area contributed by atoms with Crippen LogP contribution >= 0.6 is 11.8 Å². The molecule has 176 valence electrons. The summed E-state index contributed by atoms with van der Waals surface area (Å²) in [6, 6.07) is 14.2. The molecule has 2 unspecified atom stereocenters. The number of hydrogen-bond donors (Lipinski definition) is 0. The van der Waals surface area contributed by atoms with E-state index in [9.17, 15) is 0 Å². The lowest BCUT2D eigenvalue weighted by Gasteiger charge is -2.31. The minimum Gasteiger partial charge on any atom is -0.140 e. The van der Waals surface area contributed by atoms with Crippen molar-refractivity contribution in [3.05, 3.63) is 47.5 Å². The molecular formula is C31H46S. The van der Waals surface area contributed by atoms with Crippen LogP contribution in [0, 0.1) is 0 Å². The summed E-state index contributed by atoms with van der Waals surface area (Å²) >= 11 is 2.36. The maximum atomic E-state index is 2.49. The van der Waals surface area contributed by atoms with Crippen LogP contribution < -0.4 is 0 Å². The molecule has 32 heavy (non-hydrogen) atoms. The van der Waals surface area contributed by atoms with Crippen molar-refractivity contribution in [2.75, 3.05) is 0 Å². The van der Waals surface area contributed by atoms with Crippen molar-refractivity contribution in [1.82, 2.24) is 0 Å². The summed E-state index contributed by atoms with van der Waals surface area (Å²) in [6.45, 7) is 4.64. The van der Waals surface area contributed by atoms with E-state index in [4.69, 9.17) is 0 Å². The van der Waals surface area contributed by atoms with Gasteiger partial charge >= 0.3 is 0 Å². The second-order valence-corrected chi connectivity index (χ2v) is 12.3. The molecular weight excluding hydrogens is 404 g/mol. The normalized spacial score (nSPS) is 23.4. The maximum Gasteiger partial charge on any atom is 0.0570 e. The number of unbranched alkanes of at least 4 members (excludes halogenated alkanes) is 12. The highest BCUT2D eigenvalue weighted by Crippen LogP contribution is 2.78. The summed E-state index contributed by atoms with van der Waals surface area (Å²) < 4.78 is 0.899. The summed E-state index contributed by atoms with van der Waals surface area (Å²) in [4.78, 5) is 0. The van der Waals surface area contributed by atoms with Gasteiger partial charge in [0.15, 0.2) is 0 Å². The summed E-state index contributed by atoms with van der Waals surface area (Å²) in [6.07, 6.45) is 24.0. The SMILES string of the molecule is CCCCCCCCCCCCC12SC1(CCCCCC)Cc1cccc3cccc2c13. The zero-order chi connectivity index (χ0) is 22.3. The van der Waals surface area contributed by atoms with E-state index in [0.29, 0.717) is 9.49 Å². The Morgan fingerprint density at radius 2 is 1.22 bits per heavy atom. The van der Waals surface area contributed by atoms with Gasteiger partial charge in [0.1, 0.15) is 0 Å². The van der Waals surface area contributed by atoms with Crippen LogP contribution in [0.2, 0.25) is 0 Å². The van der Waals surface area contributed by atoms with Crippen LogP contribution in [-0.2, 0) is 11.2 Å². The van der Waals surface area contributed by atoms with Crippen molar-refractivity contribution in [3.63, 3.8) is 0 Å². The van der Waals surface area contributed by atoms with Crippen LogP contribution in [0.25, 0.3) is 10.8 Å². The van der Waals surface area contributed by atoms with Gasteiger partial charge in [-0.05, 0) is 41.2 Å². The average Bonchev–Trinajstić information content (AvgIpc) is 3.47. The van der Waals surface area contributed by atoms with Gasteiger partial charge in [0.2, 0.25) is 0 Å². The van der Waals surface area contributed by atoms with Gasteiger partial charge in [0, 0.05) is 4.75 Å². The third-order valence-electron chi connectivity index (χ3n) is 8.28. The van der Waals surface area contributed by atoms with Gasteiger partial charge in [-0.1, -0.05) is 140 Å². The molecule has 0 aromatic heterocycles. The fourth-order valence-electron chi connectivity index (χ4n) is 6.45. The predicted octanol–water partition coefficient (Wildman–Crippen LogP) is 10.4. The number of fused-ring (bicyclic) bond motifs is 2. The summed E-state index contributed by atoms with van der Waals surface area (Å²) in [7, 11) is 0.